The van der Waals surface area contributed by atoms with Gasteiger partial charge in [-0.15, -0.1) is 0 Å². The molecule has 3 heterocycles. The van der Waals surface area contributed by atoms with Gasteiger partial charge in [-0.05, 0) is 69.6 Å². The van der Waals surface area contributed by atoms with E-state index < -0.39 is 11.9 Å². The van der Waals surface area contributed by atoms with Crippen LogP contribution in [0, 0.1) is 0 Å². The Bertz CT molecular complexity index is 521. The largest absolute Gasteiger partial charge is 0.433 e. The first-order chi connectivity index (χ1) is 11.0. The van der Waals surface area contributed by atoms with Crippen molar-refractivity contribution in [3.05, 3.63) is 23.4 Å². The van der Waals surface area contributed by atoms with Crippen molar-refractivity contribution >= 4 is 5.82 Å². The summed E-state index contributed by atoms with van der Waals surface area (Å²) in [5, 5.41) is 6.44. The molecule has 4 nitrogen and oxygen atoms in total. The number of anilines is 1. The molecular formula is C16H23F3N4. The van der Waals surface area contributed by atoms with Gasteiger partial charge in [0, 0.05) is 12.6 Å². The molecule has 0 aromatic carbocycles. The third-order valence-corrected chi connectivity index (χ3v) is 4.47. The Labute approximate surface area is 134 Å². The standard InChI is InChI=1S/C16H23F3N4/c17-16(18,19)14-9-12(11-23-7-1-2-8-23)10-15(22-14)21-13-3-5-20-6-4-13/h9-10,13,20H,1-8,11H2,(H,21,22). The van der Waals surface area contributed by atoms with Crippen molar-refractivity contribution in [3.8, 4) is 0 Å². The Hall–Kier alpha value is -1.34. The van der Waals surface area contributed by atoms with Crippen molar-refractivity contribution < 1.29 is 13.2 Å². The highest BCUT2D eigenvalue weighted by Crippen LogP contribution is 2.30. The minimum absolute atomic E-state index is 0.187. The summed E-state index contributed by atoms with van der Waals surface area (Å²) in [5.41, 5.74) is -0.115. The second-order valence-electron chi connectivity index (χ2n) is 6.40. The molecule has 0 amide bonds. The second-order valence-corrected chi connectivity index (χ2v) is 6.40. The highest BCUT2D eigenvalue weighted by atomic mass is 19.4. The van der Waals surface area contributed by atoms with Crippen LogP contribution in [0.3, 0.4) is 0 Å². The zero-order valence-corrected chi connectivity index (χ0v) is 13.1. The van der Waals surface area contributed by atoms with Crippen LogP contribution in [0.15, 0.2) is 12.1 Å². The van der Waals surface area contributed by atoms with Crippen LogP contribution in [-0.2, 0) is 12.7 Å². The maximum absolute atomic E-state index is 13.1. The molecule has 0 unspecified atom stereocenters. The first-order valence-electron chi connectivity index (χ1n) is 8.28. The number of hydrogen-bond acceptors (Lipinski definition) is 4. The van der Waals surface area contributed by atoms with Gasteiger partial charge in [-0.3, -0.25) is 4.90 Å². The van der Waals surface area contributed by atoms with Gasteiger partial charge in [-0.2, -0.15) is 13.2 Å². The molecule has 2 N–H and O–H groups in total. The van der Waals surface area contributed by atoms with Crippen molar-refractivity contribution in [2.45, 2.75) is 44.4 Å². The van der Waals surface area contributed by atoms with Gasteiger partial charge >= 0.3 is 6.18 Å². The number of halogens is 3. The van der Waals surface area contributed by atoms with Crippen molar-refractivity contribution in [1.82, 2.24) is 15.2 Å². The van der Waals surface area contributed by atoms with E-state index in [0.717, 1.165) is 51.9 Å². The Balaban J connectivity index is 1.78. The van der Waals surface area contributed by atoms with Crippen LogP contribution in [-0.4, -0.2) is 42.1 Å². The van der Waals surface area contributed by atoms with Gasteiger partial charge in [0.2, 0.25) is 0 Å². The summed E-state index contributed by atoms with van der Waals surface area (Å²) in [4.78, 5) is 6.00. The zero-order valence-electron chi connectivity index (χ0n) is 13.1. The summed E-state index contributed by atoms with van der Waals surface area (Å²) in [6.07, 6.45) is -0.362. The average molecular weight is 328 g/mol. The van der Waals surface area contributed by atoms with Crippen LogP contribution >= 0.6 is 0 Å². The molecule has 1 aromatic heterocycles. The predicted molar refractivity (Wildman–Crippen MR) is 83.3 cm³/mol. The van der Waals surface area contributed by atoms with Crippen molar-refractivity contribution in [2.24, 2.45) is 0 Å². The molecule has 1 aromatic rings. The van der Waals surface area contributed by atoms with E-state index in [-0.39, 0.29) is 6.04 Å². The molecule has 7 heteroatoms. The lowest BCUT2D eigenvalue weighted by Gasteiger charge is -2.25. The van der Waals surface area contributed by atoms with E-state index in [1.807, 2.05) is 0 Å². The van der Waals surface area contributed by atoms with Crippen LogP contribution in [0.5, 0.6) is 0 Å². The number of alkyl halides is 3. The second kappa shape index (κ2) is 7.05. The quantitative estimate of drug-likeness (QED) is 0.892. The summed E-state index contributed by atoms with van der Waals surface area (Å²) in [5.74, 6) is 0.348. The van der Waals surface area contributed by atoms with Crippen LogP contribution in [0.4, 0.5) is 19.0 Å². The Morgan fingerprint density at radius 2 is 1.87 bits per heavy atom. The minimum atomic E-state index is -4.41. The number of nitrogens with zero attached hydrogens (tertiary/aromatic N) is 2. The van der Waals surface area contributed by atoms with Gasteiger partial charge in [-0.25, -0.2) is 4.98 Å². The molecule has 23 heavy (non-hydrogen) atoms. The molecule has 2 saturated heterocycles. The number of aromatic nitrogens is 1. The van der Waals surface area contributed by atoms with Gasteiger partial charge in [0.25, 0.3) is 0 Å². The molecule has 0 aliphatic carbocycles. The fourth-order valence-corrected chi connectivity index (χ4v) is 3.27. The lowest BCUT2D eigenvalue weighted by atomic mass is 10.1. The Kier molecular flexibility index (Phi) is 5.06. The summed E-state index contributed by atoms with van der Waals surface area (Å²) in [7, 11) is 0. The van der Waals surface area contributed by atoms with Crippen LogP contribution in [0.2, 0.25) is 0 Å². The third kappa shape index (κ3) is 4.57. The maximum atomic E-state index is 13.1. The molecule has 128 valence electrons. The third-order valence-electron chi connectivity index (χ3n) is 4.47. The summed E-state index contributed by atoms with van der Waals surface area (Å²) >= 11 is 0. The first kappa shape index (κ1) is 16.5. The predicted octanol–water partition coefficient (Wildman–Crippen LogP) is 2.86. The molecule has 3 rings (SSSR count). The molecule has 0 atom stereocenters. The molecule has 0 radical (unpaired) electrons. The highest BCUT2D eigenvalue weighted by Gasteiger charge is 2.33. The van der Waals surface area contributed by atoms with E-state index in [4.69, 9.17) is 0 Å². The number of rotatable bonds is 4. The normalized spacial score (nSPS) is 20.8. The SMILES string of the molecule is FC(F)(F)c1cc(CN2CCCC2)cc(NC2CCNCC2)n1. The molecule has 0 saturated carbocycles. The summed E-state index contributed by atoms with van der Waals surface area (Å²) < 4.78 is 39.4. The van der Waals surface area contributed by atoms with Crippen LogP contribution in [0.25, 0.3) is 0 Å². The van der Waals surface area contributed by atoms with E-state index >= 15 is 0 Å². The lowest BCUT2D eigenvalue weighted by Crippen LogP contribution is -2.35. The van der Waals surface area contributed by atoms with Gasteiger partial charge in [0.1, 0.15) is 11.5 Å². The van der Waals surface area contributed by atoms with Gasteiger partial charge in [0.05, 0.1) is 0 Å². The van der Waals surface area contributed by atoms with E-state index in [1.54, 1.807) is 6.07 Å². The molecule has 2 aliphatic rings. The average Bonchev–Trinajstić information content (AvgIpc) is 3.00. The smallest absolute Gasteiger partial charge is 0.367 e. The summed E-state index contributed by atoms with van der Waals surface area (Å²) in [6, 6.07) is 3.15. The topological polar surface area (TPSA) is 40.2 Å². The number of piperidine rings is 1. The molecular weight excluding hydrogens is 305 g/mol. The monoisotopic (exact) mass is 328 g/mol. The molecule has 0 bridgehead atoms. The van der Waals surface area contributed by atoms with Crippen molar-refractivity contribution in [1.29, 1.82) is 0 Å². The number of nitrogens with one attached hydrogen (secondary N) is 2. The Morgan fingerprint density at radius 3 is 2.52 bits per heavy atom. The number of likely N-dealkylation sites (tertiary alicyclic amines) is 1. The van der Waals surface area contributed by atoms with Crippen LogP contribution < -0.4 is 10.6 Å². The lowest BCUT2D eigenvalue weighted by molar-refractivity contribution is -0.141. The van der Waals surface area contributed by atoms with E-state index in [0.29, 0.717) is 17.9 Å². The summed E-state index contributed by atoms with van der Waals surface area (Å²) in [6.45, 7) is 4.25. The van der Waals surface area contributed by atoms with E-state index in [2.05, 4.69) is 20.5 Å². The molecule has 0 spiro atoms. The number of hydrogen-bond donors (Lipinski definition) is 2. The van der Waals surface area contributed by atoms with E-state index in [1.165, 1.54) is 6.07 Å². The fraction of sp³-hybridized carbons (Fsp3) is 0.688. The maximum Gasteiger partial charge on any atom is 0.433 e. The van der Waals surface area contributed by atoms with Crippen molar-refractivity contribution in [3.63, 3.8) is 0 Å². The molecule has 2 aliphatic heterocycles. The van der Waals surface area contributed by atoms with Gasteiger partial charge in [-0.1, -0.05) is 0 Å². The molecule has 2 fully saturated rings. The zero-order chi connectivity index (χ0) is 16.3. The Morgan fingerprint density at radius 1 is 1.17 bits per heavy atom. The number of pyridine rings is 1. The van der Waals surface area contributed by atoms with Crippen LogP contribution in [0.1, 0.15) is 36.9 Å². The first-order valence-corrected chi connectivity index (χ1v) is 8.28. The highest BCUT2D eigenvalue weighted by molar-refractivity contribution is 5.41. The van der Waals surface area contributed by atoms with E-state index in [9.17, 15) is 13.2 Å². The van der Waals surface area contributed by atoms with Gasteiger partial charge in [0.15, 0.2) is 0 Å². The fourth-order valence-electron chi connectivity index (χ4n) is 3.27. The van der Waals surface area contributed by atoms with Gasteiger partial charge < -0.3 is 10.6 Å². The minimum Gasteiger partial charge on any atom is -0.367 e. The van der Waals surface area contributed by atoms with Crippen molar-refractivity contribution in [2.75, 3.05) is 31.5 Å².